The van der Waals surface area contributed by atoms with Crippen molar-refractivity contribution in [1.82, 2.24) is 10.3 Å². The highest BCUT2D eigenvalue weighted by atomic mass is 16.5. The maximum Gasteiger partial charge on any atom is 0.0518 e. The monoisotopic (exact) mass is 222 g/mol. The van der Waals surface area contributed by atoms with Gasteiger partial charge in [-0.15, -0.1) is 0 Å². The molecule has 0 saturated heterocycles. The van der Waals surface area contributed by atoms with Gasteiger partial charge in [0.2, 0.25) is 0 Å². The molecule has 0 spiro atoms. The molecule has 0 bridgehead atoms. The van der Waals surface area contributed by atoms with Crippen LogP contribution in [-0.4, -0.2) is 24.2 Å². The Balaban J connectivity index is 2.10. The Hall–Kier alpha value is -0.930. The summed E-state index contributed by atoms with van der Waals surface area (Å²) in [5.41, 5.74) is 2.38. The molecule has 0 aliphatic carbocycles. The molecule has 3 heteroatoms. The summed E-state index contributed by atoms with van der Waals surface area (Å²) in [7, 11) is 0. The van der Waals surface area contributed by atoms with E-state index in [0.717, 1.165) is 31.8 Å². The fourth-order valence-corrected chi connectivity index (χ4v) is 1.44. The van der Waals surface area contributed by atoms with Crippen LogP contribution in [0.1, 0.15) is 31.5 Å². The summed E-state index contributed by atoms with van der Waals surface area (Å²) < 4.78 is 5.47. The Morgan fingerprint density at radius 3 is 2.94 bits per heavy atom. The van der Waals surface area contributed by atoms with E-state index in [-0.39, 0.29) is 0 Å². The third kappa shape index (κ3) is 5.24. The third-order valence-electron chi connectivity index (χ3n) is 2.38. The molecule has 1 aromatic heterocycles. The van der Waals surface area contributed by atoms with Crippen LogP contribution >= 0.6 is 0 Å². The van der Waals surface area contributed by atoms with E-state index in [0.29, 0.717) is 6.10 Å². The van der Waals surface area contributed by atoms with Crippen molar-refractivity contribution < 1.29 is 4.74 Å². The van der Waals surface area contributed by atoms with Gasteiger partial charge in [0, 0.05) is 25.0 Å². The van der Waals surface area contributed by atoms with Crippen molar-refractivity contribution in [3.8, 4) is 0 Å². The molecule has 1 N–H and O–H groups in total. The van der Waals surface area contributed by atoms with Crippen LogP contribution in [0.4, 0.5) is 0 Å². The molecule has 90 valence electrons. The van der Waals surface area contributed by atoms with Gasteiger partial charge in [-0.25, -0.2) is 0 Å². The minimum atomic E-state index is 0.334. The molecule has 0 amide bonds. The summed E-state index contributed by atoms with van der Waals surface area (Å²) in [6.45, 7) is 8.87. The zero-order valence-corrected chi connectivity index (χ0v) is 10.5. The first-order chi connectivity index (χ1) is 7.70. The lowest BCUT2D eigenvalue weighted by atomic mass is 10.2. The van der Waals surface area contributed by atoms with Gasteiger partial charge < -0.3 is 10.1 Å². The van der Waals surface area contributed by atoms with Gasteiger partial charge in [0.05, 0.1) is 6.10 Å². The predicted molar refractivity (Wildman–Crippen MR) is 66.4 cm³/mol. The van der Waals surface area contributed by atoms with Gasteiger partial charge in [0.1, 0.15) is 0 Å². The largest absolute Gasteiger partial charge is 0.379 e. The summed E-state index contributed by atoms with van der Waals surface area (Å²) in [4.78, 5) is 4.25. The molecule has 0 fully saturated rings. The van der Waals surface area contributed by atoms with E-state index in [1.165, 1.54) is 5.56 Å². The van der Waals surface area contributed by atoms with Crippen LogP contribution in [-0.2, 0) is 11.3 Å². The van der Waals surface area contributed by atoms with Crippen molar-refractivity contribution in [3.63, 3.8) is 0 Å². The SMILES string of the molecule is Cc1ncccc1CNCCCOC(C)C. The number of hydrogen-bond donors (Lipinski definition) is 1. The van der Waals surface area contributed by atoms with Crippen LogP contribution in [0.3, 0.4) is 0 Å². The van der Waals surface area contributed by atoms with Gasteiger partial charge >= 0.3 is 0 Å². The standard InChI is InChI=1S/C13H22N2O/c1-11(2)16-9-5-7-14-10-13-6-4-8-15-12(13)3/h4,6,8,11,14H,5,7,9-10H2,1-3H3. The highest BCUT2D eigenvalue weighted by Crippen LogP contribution is 2.02. The number of pyridine rings is 1. The Morgan fingerprint density at radius 2 is 2.25 bits per heavy atom. The van der Waals surface area contributed by atoms with Gasteiger partial charge in [-0.05, 0) is 45.4 Å². The quantitative estimate of drug-likeness (QED) is 0.719. The first-order valence-corrected chi connectivity index (χ1v) is 5.93. The molecule has 0 unspecified atom stereocenters. The minimum Gasteiger partial charge on any atom is -0.379 e. The molecule has 1 aromatic rings. The molecular formula is C13H22N2O. The maximum atomic E-state index is 5.47. The summed E-state index contributed by atoms with van der Waals surface area (Å²) in [5, 5.41) is 3.40. The van der Waals surface area contributed by atoms with Crippen LogP contribution in [0.15, 0.2) is 18.3 Å². The fourth-order valence-electron chi connectivity index (χ4n) is 1.44. The van der Waals surface area contributed by atoms with Crippen molar-refractivity contribution in [3.05, 3.63) is 29.6 Å². The smallest absolute Gasteiger partial charge is 0.0518 e. The highest BCUT2D eigenvalue weighted by molar-refractivity contribution is 5.17. The third-order valence-corrected chi connectivity index (χ3v) is 2.38. The molecule has 0 aliphatic rings. The number of hydrogen-bond acceptors (Lipinski definition) is 3. The van der Waals surface area contributed by atoms with Crippen molar-refractivity contribution in [2.45, 2.75) is 39.8 Å². The van der Waals surface area contributed by atoms with Gasteiger partial charge in [0.25, 0.3) is 0 Å². The average molecular weight is 222 g/mol. The number of aromatic nitrogens is 1. The number of aryl methyl sites for hydroxylation is 1. The van der Waals surface area contributed by atoms with Crippen LogP contribution in [0.2, 0.25) is 0 Å². The van der Waals surface area contributed by atoms with E-state index < -0.39 is 0 Å². The van der Waals surface area contributed by atoms with E-state index in [9.17, 15) is 0 Å². The second kappa shape index (κ2) is 7.36. The predicted octanol–water partition coefficient (Wildman–Crippen LogP) is 2.29. The molecule has 0 atom stereocenters. The summed E-state index contributed by atoms with van der Waals surface area (Å²) in [6.07, 6.45) is 3.22. The first kappa shape index (κ1) is 13.1. The normalized spacial score (nSPS) is 11.0. The summed E-state index contributed by atoms with van der Waals surface area (Å²) >= 11 is 0. The fraction of sp³-hybridized carbons (Fsp3) is 0.615. The number of ether oxygens (including phenoxy) is 1. The first-order valence-electron chi connectivity index (χ1n) is 5.93. The second-order valence-corrected chi connectivity index (χ2v) is 4.20. The molecule has 1 heterocycles. The minimum absolute atomic E-state index is 0.334. The second-order valence-electron chi connectivity index (χ2n) is 4.20. The van der Waals surface area contributed by atoms with Crippen molar-refractivity contribution in [1.29, 1.82) is 0 Å². The van der Waals surface area contributed by atoms with Gasteiger partial charge in [-0.1, -0.05) is 6.07 Å². The highest BCUT2D eigenvalue weighted by Gasteiger charge is 1.97. The van der Waals surface area contributed by atoms with Gasteiger partial charge in [-0.3, -0.25) is 4.98 Å². The molecule has 0 radical (unpaired) electrons. The molecule has 0 aromatic carbocycles. The maximum absolute atomic E-state index is 5.47. The summed E-state index contributed by atoms with van der Waals surface area (Å²) in [6, 6.07) is 4.09. The zero-order valence-electron chi connectivity index (χ0n) is 10.5. The van der Waals surface area contributed by atoms with E-state index in [2.05, 4.69) is 30.2 Å². The van der Waals surface area contributed by atoms with Gasteiger partial charge in [0.15, 0.2) is 0 Å². The Bertz CT molecular complexity index is 300. The number of rotatable bonds is 7. The molecule has 0 saturated carbocycles. The Morgan fingerprint density at radius 1 is 1.44 bits per heavy atom. The molecule has 3 nitrogen and oxygen atoms in total. The summed E-state index contributed by atoms with van der Waals surface area (Å²) in [5.74, 6) is 0. The van der Waals surface area contributed by atoms with Crippen molar-refractivity contribution in [2.75, 3.05) is 13.2 Å². The zero-order chi connectivity index (χ0) is 11.8. The molecular weight excluding hydrogens is 200 g/mol. The van der Waals surface area contributed by atoms with Crippen molar-refractivity contribution >= 4 is 0 Å². The van der Waals surface area contributed by atoms with Crippen LogP contribution in [0, 0.1) is 6.92 Å². The lowest BCUT2D eigenvalue weighted by Gasteiger charge is -2.09. The Labute approximate surface area is 98.2 Å². The molecule has 0 aliphatic heterocycles. The van der Waals surface area contributed by atoms with Crippen molar-refractivity contribution in [2.24, 2.45) is 0 Å². The van der Waals surface area contributed by atoms with E-state index >= 15 is 0 Å². The molecule has 1 rings (SSSR count). The van der Waals surface area contributed by atoms with Crippen LogP contribution in [0.25, 0.3) is 0 Å². The topological polar surface area (TPSA) is 34.2 Å². The lowest BCUT2D eigenvalue weighted by molar-refractivity contribution is 0.0770. The average Bonchev–Trinajstić information content (AvgIpc) is 2.25. The van der Waals surface area contributed by atoms with Crippen LogP contribution < -0.4 is 5.32 Å². The van der Waals surface area contributed by atoms with E-state index in [1.54, 1.807) is 0 Å². The van der Waals surface area contributed by atoms with E-state index in [4.69, 9.17) is 4.74 Å². The lowest BCUT2D eigenvalue weighted by Crippen LogP contribution is -2.18. The van der Waals surface area contributed by atoms with Crippen LogP contribution in [0.5, 0.6) is 0 Å². The Kier molecular flexibility index (Phi) is 6.04. The number of nitrogens with one attached hydrogen (secondary N) is 1. The number of nitrogens with zero attached hydrogens (tertiary/aromatic N) is 1. The molecule has 16 heavy (non-hydrogen) atoms. The van der Waals surface area contributed by atoms with Gasteiger partial charge in [-0.2, -0.15) is 0 Å². The van der Waals surface area contributed by atoms with E-state index in [1.807, 2.05) is 19.2 Å².